The Kier molecular flexibility index (Phi) is 10.0. The van der Waals surface area contributed by atoms with E-state index in [0.29, 0.717) is 0 Å². The Balaban J connectivity index is 0. The fourth-order valence-corrected chi connectivity index (χ4v) is 1.28. The van der Waals surface area contributed by atoms with Crippen molar-refractivity contribution in [1.29, 1.82) is 0 Å². The molecule has 0 saturated carbocycles. The van der Waals surface area contributed by atoms with Gasteiger partial charge in [0, 0.05) is 25.0 Å². The monoisotopic (exact) mass is 324 g/mol. The topological polar surface area (TPSA) is 117 Å². The number of carboxylic acid groups (broad SMARTS) is 1. The summed E-state index contributed by atoms with van der Waals surface area (Å²) in [6.45, 7) is 9.67. The van der Waals surface area contributed by atoms with E-state index >= 15 is 0 Å². The molecule has 0 bridgehead atoms. The van der Waals surface area contributed by atoms with Crippen LogP contribution in [0, 0.1) is 5.92 Å². The molecule has 0 aromatic rings. The van der Waals surface area contributed by atoms with E-state index in [2.05, 4.69) is 10.6 Å². The van der Waals surface area contributed by atoms with E-state index in [1.807, 2.05) is 0 Å². The van der Waals surface area contributed by atoms with Gasteiger partial charge in [0.05, 0.1) is 0 Å². The summed E-state index contributed by atoms with van der Waals surface area (Å²) in [6.07, 6.45) is -1.48. The average molecular weight is 324 g/mol. The number of ether oxygens (including phenoxy) is 2. The van der Waals surface area contributed by atoms with Gasteiger partial charge < -0.3 is 30.0 Å². The van der Waals surface area contributed by atoms with Gasteiger partial charge in [-0.2, -0.15) is 0 Å². The van der Waals surface area contributed by atoms with E-state index in [1.54, 1.807) is 41.5 Å². The number of hydrogen-bond donors (Lipinski definition) is 2. The van der Waals surface area contributed by atoms with Crippen molar-refractivity contribution >= 4 is 18.2 Å². The molecule has 0 aromatic carbocycles. The Labute approximate surface area is 148 Å². The van der Waals surface area contributed by atoms with Gasteiger partial charge in [-0.05, 0) is 41.5 Å². The van der Waals surface area contributed by atoms with Crippen LogP contribution in [0.4, 0.5) is 9.59 Å². The fourth-order valence-electron chi connectivity index (χ4n) is 1.28. The number of carboxylic acids is 1. The molecule has 0 spiro atoms. The van der Waals surface area contributed by atoms with Crippen LogP contribution in [-0.4, -0.2) is 42.4 Å². The zero-order valence-corrected chi connectivity index (χ0v) is 14.9. The number of carbonyl (C=O) groups excluding carboxylic acids is 3. The van der Waals surface area contributed by atoms with E-state index in [-0.39, 0.29) is 32.0 Å². The molecular formula is C14H25LiN2O6. The summed E-state index contributed by atoms with van der Waals surface area (Å²) in [7, 11) is 0. The van der Waals surface area contributed by atoms with Crippen LogP contribution in [0.3, 0.4) is 0 Å². The van der Waals surface area contributed by atoms with Crippen LogP contribution in [0.25, 0.3) is 0 Å². The summed E-state index contributed by atoms with van der Waals surface area (Å²) >= 11 is 0. The first-order valence-corrected chi connectivity index (χ1v) is 6.95. The second-order valence-corrected chi connectivity index (χ2v) is 6.78. The van der Waals surface area contributed by atoms with Gasteiger partial charge >= 0.3 is 31.0 Å². The quantitative estimate of drug-likeness (QED) is 0.536. The second kappa shape index (κ2) is 9.68. The van der Waals surface area contributed by atoms with Gasteiger partial charge in [-0.3, -0.25) is 0 Å². The maximum absolute atomic E-state index is 11.5. The van der Waals surface area contributed by atoms with Gasteiger partial charge in [-0.1, -0.05) is 0 Å². The molecule has 8 nitrogen and oxygen atoms in total. The van der Waals surface area contributed by atoms with Crippen LogP contribution < -0.4 is 34.6 Å². The van der Waals surface area contributed by atoms with Crippen LogP contribution >= 0.6 is 0 Å². The third-order valence-electron chi connectivity index (χ3n) is 2.12. The molecule has 0 aliphatic rings. The van der Waals surface area contributed by atoms with Gasteiger partial charge in [0.1, 0.15) is 11.2 Å². The van der Waals surface area contributed by atoms with E-state index in [9.17, 15) is 19.5 Å². The zero-order chi connectivity index (χ0) is 17.6. The van der Waals surface area contributed by atoms with E-state index < -0.39 is 35.3 Å². The van der Waals surface area contributed by atoms with Gasteiger partial charge in [0.15, 0.2) is 0 Å². The number of nitrogens with one attached hydrogen (secondary N) is 2. The molecular weight excluding hydrogens is 299 g/mol. The Morgan fingerprint density at radius 1 is 0.870 bits per heavy atom. The van der Waals surface area contributed by atoms with Gasteiger partial charge in [0.25, 0.3) is 0 Å². The molecule has 0 rings (SSSR count). The summed E-state index contributed by atoms with van der Waals surface area (Å²) in [5.41, 5.74) is -1.37. The van der Waals surface area contributed by atoms with Gasteiger partial charge in [0.2, 0.25) is 0 Å². The van der Waals surface area contributed by atoms with Crippen LogP contribution in [-0.2, 0) is 14.3 Å². The minimum absolute atomic E-state index is 0. The third kappa shape index (κ3) is 14.0. The van der Waals surface area contributed by atoms with Crippen LogP contribution in [0.1, 0.15) is 41.5 Å². The smallest absolute Gasteiger partial charge is 0.550 e. The van der Waals surface area contributed by atoms with Crippen molar-refractivity contribution in [3.8, 4) is 0 Å². The minimum atomic E-state index is -1.40. The molecule has 0 saturated heterocycles. The minimum Gasteiger partial charge on any atom is -0.550 e. The molecule has 2 N–H and O–H groups in total. The Hall–Kier alpha value is -1.39. The van der Waals surface area contributed by atoms with Crippen molar-refractivity contribution in [2.24, 2.45) is 5.92 Å². The molecule has 0 aromatic heterocycles. The molecule has 23 heavy (non-hydrogen) atoms. The zero-order valence-electron chi connectivity index (χ0n) is 14.9. The molecule has 2 amide bonds. The van der Waals surface area contributed by atoms with E-state index in [4.69, 9.17) is 9.47 Å². The summed E-state index contributed by atoms with van der Waals surface area (Å²) in [6, 6.07) is 0. The molecule has 0 fully saturated rings. The van der Waals surface area contributed by atoms with E-state index in [0.717, 1.165) is 0 Å². The van der Waals surface area contributed by atoms with Crippen molar-refractivity contribution in [1.82, 2.24) is 10.6 Å². The molecule has 0 heterocycles. The number of aliphatic carboxylic acids is 1. The van der Waals surface area contributed by atoms with Crippen LogP contribution in [0.5, 0.6) is 0 Å². The van der Waals surface area contributed by atoms with Crippen molar-refractivity contribution in [2.75, 3.05) is 13.1 Å². The van der Waals surface area contributed by atoms with Crippen LogP contribution in [0.2, 0.25) is 0 Å². The largest absolute Gasteiger partial charge is 1.00 e. The molecule has 0 unspecified atom stereocenters. The van der Waals surface area contributed by atoms with Crippen molar-refractivity contribution in [2.45, 2.75) is 52.7 Å². The maximum Gasteiger partial charge on any atom is 1.00 e. The third-order valence-corrected chi connectivity index (χ3v) is 2.12. The molecule has 0 radical (unpaired) electrons. The SMILES string of the molecule is CC(C)(C)OC(=O)NCC(CNC(=O)OC(C)(C)C)C(=O)[O-].[Li+]. The average Bonchev–Trinajstić information content (AvgIpc) is 2.23. The maximum atomic E-state index is 11.5. The Bertz CT molecular complexity index is 382. The van der Waals surface area contributed by atoms with Crippen molar-refractivity contribution < 1.29 is 47.8 Å². The van der Waals surface area contributed by atoms with Gasteiger partial charge in [-0.25, -0.2) is 9.59 Å². The molecule has 128 valence electrons. The fraction of sp³-hybridized carbons (Fsp3) is 0.786. The second-order valence-electron chi connectivity index (χ2n) is 6.78. The number of alkyl carbamates (subject to hydrolysis) is 2. The first-order chi connectivity index (χ1) is 9.80. The summed E-state index contributed by atoms with van der Waals surface area (Å²) in [4.78, 5) is 33.9. The molecule has 0 aliphatic carbocycles. The number of hydrogen-bond acceptors (Lipinski definition) is 6. The number of rotatable bonds is 5. The molecule has 0 aliphatic heterocycles. The predicted octanol–water partition coefficient (Wildman–Crippen LogP) is -2.59. The number of amides is 2. The summed E-state index contributed by atoms with van der Waals surface area (Å²) in [5.74, 6) is -2.49. The Morgan fingerprint density at radius 3 is 1.39 bits per heavy atom. The van der Waals surface area contributed by atoms with Gasteiger partial charge in [-0.15, -0.1) is 0 Å². The molecule has 9 heteroatoms. The van der Waals surface area contributed by atoms with Crippen molar-refractivity contribution in [3.63, 3.8) is 0 Å². The summed E-state index contributed by atoms with van der Waals surface area (Å²) < 4.78 is 9.97. The van der Waals surface area contributed by atoms with Crippen LogP contribution in [0.15, 0.2) is 0 Å². The Morgan fingerprint density at radius 2 is 1.17 bits per heavy atom. The standard InChI is InChI=1S/C14H26N2O6.Li/c1-13(2,3)21-11(19)15-7-9(10(17)18)8-16-12(20)22-14(4,5)6;/h9H,7-8H2,1-6H3,(H,15,19)(H,16,20)(H,17,18);/q;+1/p-1. The van der Waals surface area contributed by atoms with Crippen molar-refractivity contribution in [3.05, 3.63) is 0 Å². The number of carbonyl (C=O) groups is 3. The summed E-state index contributed by atoms with van der Waals surface area (Å²) in [5, 5.41) is 15.6. The predicted molar refractivity (Wildman–Crippen MR) is 77.0 cm³/mol. The normalized spacial score (nSPS) is 11.3. The van der Waals surface area contributed by atoms with E-state index in [1.165, 1.54) is 0 Å². The first-order valence-electron chi connectivity index (χ1n) is 6.95. The first kappa shape index (κ1) is 23.9. The molecule has 0 atom stereocenters.